The lowest BCUT2D eigenvalue weighted by Gasteiger charge is -2.20. The van der Waals surface area contributed by atoms with Gasteiger partial charge in [-0.1, -0.05) is 48.0 Å². The lowest BCUT2D eigenvalue weighted by Crippen LogP contribution is -2.42. The minimum atomic E-state index is -1.15. The van der Waals surface area contributed by atoms with Gasteiger partial charge >= 0.3 is 5.97 Å². The summed E-state index contributed by atoms with van der Waals surface area (Å²) in [5.74, 6) is -0.661. The van der Waals surface area contributed by atoms with Crippen LogP contribution in [0, 0.1) is 0 Å². The maximum atomic E-state index is 11.9. The number of ether oxygens (including phenoxy) is 1. The summed E-state index contributed by atoms with van der Waals surface area (Å²) < 4.78 is 5.35. The highest BCUT2D eigenvalue weighted by Gasteiger charge is 2.28. The molecule has 0 aliphatic carbocycles. The summed E-state index contributed by atoms with van der Waals surface area (Å²) in [7, 11) is 0. The molecule has 4 rings (SSSR count). The van der Waals surface area contributed by atoms with E-state index in [1.807, 2.05) is 24.3 Å². The Labute approximate surface area is 199 Å². The van der Waals surface area contributed by atoms with Crippen LogP contribution in [0.5, 0.6) is 5.75 Å². The Morgan fingerprint density at radius 1 is 1.09 bits per heavy atom. The van der Waals surface area contributed by atoms with E-state index in [9.17, 15) is 19.5 Å². The summed E-state index contributed by atoms with van der Waals surface area (Å²) in [6.07, 6.45) is -0.230. The van der Waals surface area contributed by atoms with Crippen molar-refractivity contribution in [1.82, 2.24) is 4.98 Å². The zero-order valence-electron chi connectivity index (χ0n) is 18.5. The predicted octanol–water partition coefficient (Wildman–Crippen LogP) is 4.12. The summed E-state index contributed by atoms with van der Waals surface area (Å²) in [6.45, 7) is 3.43. The Morgan fingerprint density at radius 3 is 2.47 bits per heavy atom. The molecule has 8 nitrogen and oxygen atoms in total. The quantitative estimate of drug-likeness (QED) is 0.242. The maximum absolute atomic E-state index is 11.9. The van der Waals surface area contributed by atoms with Crippen molar-refractivity contribution < 1.29 is 14.6 Å². The minimum absolute atomic E-state index is 0.0912. The number of aromatic nitrogens is 1. The van der Waals surface area contributed by atoms with Gasteiger partial charge < -0.3 is 20.5 Å². The maximum Gasteiger partial charge on any atom is 0.326 e. The van der Waals surface area contributed by atoms with Crippen LogP contribution in [0.4, 0.5) is 17.2 Å². The molecule has 1 atom stereocenters. The number of pyridine rings is 1. The number of benzene rings is 2. The van der Waals surface area contributed by atoms with Crippen molar-refractivity contribution in [3.63, 3.8) is 0 Å². The highest BCUT2D eigenvalue weighted by molar-refractivity contribution is 6.30. The van der Waals surface area contributed by atoms with Gasteiger partial charge in [-0.25, -0.2) is 9.78 Å². The van der Waals surface area contributed by atoms with E-state index < -0.39 is 22.9 Å². The first kappa shape index (κ1) is 23.3. The Kier molecular flexibility index (Phi) is 6.51. The molecule has 0 radical (unpaired) electrons. The van der Waals surface area contributed by atoms with Crippen molar-refractivity contribution in [1.29, 1.82) is 0 Å². The number of rotatable bonds is 9. The fourth-order valence-corrected chi connectivity index (χ4v) is 3.78. The molecular weight excluding hydrogens is 458 g/mol. The van der Waals surface area contributed by atoms with E-state index in [0.717, 1.165) is 22.0 Å². The van der Waals surface area contributed by atoms with Gasteiger partial charge in [0, 0.05) is 17.5 Å². The number of nitrogens with one attached hydrogen (secondary N) is 2. The van der Waals surface area contributed by atoms with Gasteiger partial charge in [-0.15, -0.1) is 0 Å². The third-order valence-electron chi connectivity index (χ3n) is 5.20. The highest BCUT2D eigenvalue weighted by atomic mass is 35.5. The third-order valence-corrected chi connectivity index (χ3v) is 5.40. The Balaban J connectivity index is 1.50. The van der Waals surface area contributed by atoms with Crippen LogP contribution in [0.3, 0.4) is 0 Å². The van der Waals surface area contributed by atoms with Crippen LogP contribution in [0.1, 0.15) is 19.4 Å². The summed E-state index contributed by atoms with van der Waals surface area (Å²) in [6, 6.07) is 15.6. The summed E-state index contributed by atoms with van der Waals surface area (Å²) in [5.41, 5.74) is -0.151. The summed E-state index contributed by atoms with van der Waals surface area (Å²) in [5, 5.41) is 17.8. The largest absolute Gasteiger partial charge is 0.485 e. The van der Waals surface area contributed by atoms with Crippen molar-refractivity contribution in [2.45, 2.75) is 32.4 Å². The number of hydrogen-bond acceptors (Lipinski definition) is 7. The molecule has 0 spiro atoms. The van der Waals surface area contributed by atoms with E-state index in [-0.39, 0.29) is 24.0 Å². The first-order valence-corrected chi connectivity index (χ1v) is 11.0. The average molecular weight is 480 g/mol. The smallest absolute Gasteiger partial charge is 0.326 e. The zero-order valence-corrected chi connectivity index (χ0v) is 19.2. The van der Waals surface area contributed by atoms with Gasteiger partial charge in [0.1, 0.15) is 22.7 Å². The second-order valence-corrected chi connectivity index (χ2v) is 8.49. The highest BCUT2D eigenvalue weighted by Crippen LogP contribution is 2.27. The van der Waals surface area contributed by atoms with E-state index in [2.05, 4.69) is 15.6 Å². The van der Waals surface area contributed by atoms with Gasteiger partial charge in [-0.2, -0.15) is 0 Å². The molecule has 4 aromatic rings. The van der Waals surface area contributed by atoms with Gasteiger partial charge in [-0.3, -0.25) is 9.59 Å². The summed E-state index contributed by atoms with van der Waals surface area (Å²) >= 11 is 6.15. The zero-order chi connectivity index (χ0) is 24.4. The van der Waals surface area contributed by atoms with Crippen molar-refractivity contribution in [2.75, 3.05) is 10.6 Å². The number of nitrogens with zero attached hydrogens (tertiary/aromatic N) is 1. The first-order chi connectivity index (χ1) is 16.2. The number of aliphatic carboxylic acids is 1. The second-order valence-electron chi connectivity index (χ2n) is 8.10. The van der Waals surface area contributed by atoms with Crippen molar-refractivity contribution in [2.24, 2.45) is 0 Å². The molecule has 34 heavy (non-hydrogen) atoms. The molecule has 9 heteroatoms. The molecule has 1 heterocycles. The number of anilines is 3. The van der Waals surface area contributed by atoms with Gasteiger partial charge in [0.15, 0.2) is 5.75 Å². The van der Waals surface area contributed by atoms with Gasteiger partial charge in [0.05, 0.1) is 6.10 Å². The molecule has 0 aliphatic rings. The molecule has 0 amide bonds. The molecule has 174 valence electrons. The molecule has 3 N–H and O–H groups in total. The van der Waals surface area contributed by atoms with E-state index in [1.54, 1.807) is 44.2 Å². The van der Waals surface area contributed by atoms with E-state index in [0.29, 0.717) is 11.0 Å². The molecule has 1 aromatic heterocycles. The number of halogens is 1. The van der Waals surface area contributed by atoms with Crippen LogP contribution in [0.15, 0.2) is 64.2 Å². The monoisotopic (exact) mass is 479 g/mol. The van der Waals surface area contributed by atoms with Crippen LogP contribution in [-0.2, 0) is 11.2 Å². The standard InChI is InChI=1S/C25H22ClN3O5/c1-13(2)34-23-20(21(30)22(23)31)28-18(25(32)33)11-14-7-9-16(10-8-14)27-24-17-6-4-3-5-15(17)12-19(26)29-24/h3-10,12-13,18,28H,11H2,1-2H3,(H,27,29)(H,32,33). The van der Waals surface area contributed by atoms with Crippen LogP contribution < -0.4 is 26.2 Å². The van der Waals surface area contributed by atoms with Crippen LogP contribution in [-0.4, -0.2) is 28.2 Å². The number of fused-ring (bicyclic) bond motifs is 1. The minimum Gasteiger partial charge on any atom is -0.485 e. The summed E-state index contributed by atoms with van der Waals surface area (Å²) in [4.78, 5) is 39.9. The van der Waals surface area contributed by atoms with Crippen LogP contribution in [0.25, 0.3) is 10.8 Å². The first-order valence-electron chi connectivity index (χ1n) is 10.6. The second kappa shape index (κ2) is 9.52. The third kappa shape index (κ3) is 4.87. The van der Waals surface area contributed by atoms with Crippen molar-refractivity contribution in [3.05, 3.63) is 85.8 Å². The van der Waals surface area contributed by atoms with Crippen molar-refractivity contribution in [3.8, 4) is 5.75 Å². The Morgan fingerprint density at radius 2 is 1.79 bits per heavy atom. The van der Waals surface area contributed by atoms with Gasteiger partial charge in [-0.05, 0) is 43.0 Å². The van der Waals surface area contributed by atoms with E-state index in [1.165, 1.54) is 0 Å². The molecule has 0 bridgehead atoms. The normalized spacial score (nSPS) is 12.1. The molecule has 0 aliphatic heterocycles. The number of carboxylic acid groups (broad SMARTS) is 1. The van der Waals surface area contributed by atoms with Gasteiger partial charge in [0.25, 0.3) is 10.9 Å². The topological polar surface area (TPSA) is 118 Å². The molecule has 3 aromatic carbocycles. The fraction of sp³-hybridized carbons (Fsp3) is 0.200. The molecule has 0 fully saturated rings. The van der Waals surface area contributed by atoms with Gasteiger partial charge in [0.2, 0.25) is 0 Å². The van der Waals surface area contributed by atoms with E-state index in [4.69, 9.17) is 16.3 Å². The molecule has 0 saturated carbocycles. The SMILES string of the molecule is CC(C)Oc1c(NC(Cc2ccc(Nc3nc(Cl)cc4ccccc34)cc2)C(=O)O)c(=O)c1=O. The molecule has 0 saturated heterocycles. The lowest BCUT2D eigenvalue weighted by molar-refractivity contribution is -0.137. The molecule has 1 unspecified atom stereocenters. The Bertz CT molecular complexity index is 1430. The van der Waals surface area contributed by atoms with Crippen LogP contribution in [0.2, 0.25) is 5.15 Å². The molecular formula is C25H22ClN3O5. The van der Waals surface area contributed by atoms with E-state index >= 15 is 0 Å². The lowest BCUT2D eigenvalue weighted by atomic mass is 10.0. The number of carboxylic acids is 1. The average Bonchev–Trinajstić information content (AvgIpc) is 2.81. The Hall–Kier alpha value is -3.91. The van der Waals surface area contributed by atoms with Crippen LogP contribution >= 0.6 is 11.6 Å². The number of carbonyl (C=O) groups is 1. The number of hydrogen-bond donors (Lipinski definition) is 3. The van der Waals surface area contributed by atoms with Crippen molar-refractivity contribution >= 4 is 45.5 Å². The fourth-order valence-electron chi connectivity index (χ4n) is 3.58. The predicted molar refractivity (Wildman–Crippen MR) is 132 cm³/mol.